The van der Waals surface area contributed by atoms with E-state index in [1.54, 1.807) is 0 Å². The van der Waals surface area contributed by atoms with Crippen LogP contribution in [0.4, 0.5) is 0 Å². The molecule has 1 fully saturated rings. The van der Waals surface area contributed by atoms with Crippen LogP contribution in [0.1, 0.15) is 32.6 Å². The average molecular weight is 157 g/mol. The molecule has 1 atom stereocenters. The molecule has 66 valence electrons. The highest BCUT2D eigenvalue weighted by molar-refractivity contribution is 4.67. The van der Waals surface area contributed by atoms with Crippen molar-refractivity contribution in [2.75, 3.05) is 19.6 Å². The minimum Gasteiger partial charge on any atom is -0.392 e. The van der Waals surface area contributed by atoms with Crippen LogP contribution in [0.25, 0.3) is 0 Å². The van der Waals surface area contributed by atoms with E-state index < -0.39 is 0 Å². The molecule has 1 aliphatic heterocycles. The van der Waals surface area contributed by atoms with Crippen molar-refractivity contribution < 1.29 is 5.11 Å². The first kappa shape index (κ1) is 9.01. The number of β-amino-alcohol motifs (C(OH)–C–C–N with tert-alkyl or cyclic N) is 1. The number of hydrogen-bond acceptors (Lipinski definition) is 2. The van der Waals surface area contributed by atoms with E-state index in [2.05, 4.69) is 4.90 Å². The first-order valence-electron chi connectivity index (χ1n) is 4.73. The number of rotatable bonds is 3. The van der Waals surface area contributed by atoms with Gasteiger partial charge in [-0.1, -0.05) is 13.3 Å². The van der Waals surface area contributed by atoms with Crippen LogP contribution in [0.3, 0.4) is 0 Å². The lowest BCUT2D eigenvalue weighted by Gasteiger charge is -2.27. The third-order valence-corrected chi connectivity index (χ3v) is 2.39. The average Bonchev–Trinajstić information content (AvgIpc) is 2.06. The van der Waals surface area contributed by atoms with E-state index >= 15 is 0 Å². The largest absolute Gasteiger partial charge is 0.392 e. The third-order valence-electron chi connectivity index (χ3n) is 2.39. The van der Waals surface area contributed by atoms with Gasteiger partial charge in [0.1, 0.15) is 0 Å². The summed E-state index contributed by atoms with van der Waals surface area (Å²) < 4.78 is 0. The zero-order chi connectivity index (χ0) is 8.10. The highest BCUT2D eigenvalue weighted by Crippen LogP contribution is 2.09. The summed E-state index contributed by atoms with van der Waals surface area (Å²) >= 11 is 0. The predicted octanol–water partition coefficient (Wildman–Crippen LogP) is 1.24. The molecule has 0 aromatic heterocycles. The number of likely N-dealkylation sites (tertiary alicyclic amines) is 1. The fourth-order valence-electron chi connectivity index (χ4n) is 1.57. The number of piperidine rings is 1. The Bertz CT molecular complexity index is 99.7. The van der Waals surface area contributed by atoms with Gasteiger partial charge in [0.15, 0.2) is 0 Å². The number of nitrogens with zero attached hydrogens (tertiary/aromatic N) is 1. The van der Waals surface area contributed by atoms with Crippen molar-refractivity contribution >= 4 is 0 Å². The molecule has 0 amide bonds. The highest BCUT2D eigenvalue weighted by Gasteiger charge is 2.12. The molecule has 0 aliphatic carbocycles. The Hall–Kier alpha value is -0.0800. The summed E-state index contributed by atoms with van der Waals surface area (Å²) in [6.45, 7) is 5.30. The normalized spacial score (nSPS) is 23.5. The van der Waals surface area contributed by atoms with E-state index in [-0.39, 0.29) is 6.10 Å². The van der Waals surface area contributed by atoms with Crippen LogP contribution in [-0.4, -0.2) is 35.7 Å². The zero-order valence-electron chi connectivity index (χ0n) is 7.42. The van der Waals surface area contributed by atoms with E-state index in [1.807, 2.05) is 6.92 Å². The zero-order valence-corrected chi connectivity index (χ0v) is 7.42. The van der Waals surface area contributed by atoms with Crippen LogP contribution in [0.15, 0.2) is 0 Å². The quantitative estimate of drug-likeness (QED) is 0.666. The minimum absolute atomic E-state index is 0.104. The molecule has 0 bridgehead atoms. The second-order valence-corrected chi connectivity index (χ2v) is 3.42. The van der Waals surface area contributed by atoms with Gasteiger partial charge in [-0.25, -0.2) is 0 Å². The van der Waals surface area contributed by atoms with Gasteiger partial charge >= 0.3 is 0 Å². The second kappa shape index (κ2) is 4.73. The smallest absolute Gasteiger partial charge is 0.0664 e. The van der Waals surface area contributed by atoms with Crippen molar-refractivity contribution in [3.63, 3.8) is 0 Å². The molecule has 0 saturated carbocycles. The molecule has 1 N–H and O–H groups in total. The lowest BCUT2D eigenvalue weighted by atomic mass is 10.1. The molecule has 1 rings (SSSR count). The number of aliphatic hydroxyl groups is 1. The number of hydrogen-bond donors (Lipinski definition) is 1. The van der Waals surface area contributed by atoms with Gasteiger partial charge < -0.3 is 10.0 Å². The molecule has 11 heavy (non-hydrogen) atoms. The molecule has 0 unspecified atom stereocenters. The first-order valence-corrected chi connectivity index (χ1v) is 4.73. The second-order valence-electron chi connectivity index (χ2n) is 3.42. The maximum absolute atomic E-state index is 9.37. The molecular formula is C9H19NO. The van der Waals surface area contributed by atoms with Crippen molar-refractivity contribution in [3.05, 3.63) is 0 Å². The van der Waals surface area contributed by atoms with Gasteiger partial charge in [0.2, 0.25) is 0 Å². The fourth-order valence-corrected chi connectivity index (χ4v) is 1.57. The molecule has 0 spiro atoms. The summed E-state index contributed by atoms with van der Waals surface area (Å²) in [5, 5.41) is 9.37. The van der Waals surface area contributed by atoms with Gasteiger partial charge in [0.05, 0.1) is 6.10 Å². The Balaban J connectivity index is 2.13. The van der Waals surface area contributed by atoms with E-state index in [1.165, 1.54) is 32.4 Å². The van der Waals surface area contributed by atoms with Gasteiger partial charge in [-0.3, -0.25) is 0 Å². The van der Waals surface area contributed by atoms with Crippen LogP contribution in [-0.2, 0) is 0 Å². The van der Waals surface area contributed by atoms with Crippen molar-refractivity contribution in [3.8, 4) is 0 Å². The van der Waals surface area contributed by atoms with Crippen LogP contribution in [0, 0.1) is 0 Å². The third kappa shape index (κ3) is 3.21. The van der Waals surface area contributed by atoms with Crippen LogP contribution < -0.4 is 0 Å². The monoisotopic (exact) mass is 157 g/mol. The van der Waals surface area contributed by atoms with Gasteiger partial charge in [0, 0.05) is 6.54 Å². The maximum Gasteiger partial charge on any atom is 0.0664 e. The van der Waals surface area contributed by atoms with Crippen LogP contribution in [0.2, 0.25) is 0 Å². The topological polar surface area (TPSA) is 23.5 Å². The van der Waals surface area contributed by atoms with Crippen molar-refractivity contribution in [1.82, 2.24) is 4.90 Å². The van der Waals surface area contributed by atoms with E-state index in [4.69, 9.17) is 0 Å². The van der Waals surface area contributed by atoms with Gasteiger partial charge in [-0.15, -0.1) is 0 Å². The summed E-state index contributed by atoms with van der Waals surface area (Å²) in [5.41, 5.74) is 0. The van der Waals surface area contributed by atoms with Crippen LogP contribution >= 0.6 is 0 Å². The van der Waals surface area contributed by atoms with E-state index in [0.717, 1.165) is 13.0 Å². The Morgan fingerprint density at radius 2 is 1.91 bits per heavy atom. The lowest BCUT2D eigenvalue weighted by Crippen LogP contribution is -2.36. The molecule has 2 nitrogen and oxygen atoms in total. The molecular weight excluding hydrogens is 138 g/mol. The Morgan fingerprint density at radius 3 is 2.45 bits per heavy atom. The molecule has 0 aromatic carbocycles. The maximum atomic E-state index is 9.37. The van der Waals surface area contributed by atoms with E-state index in [0.29, 0.717) is 0 Å². The summed E-state index contributed by atoms with van der Waals surface area (Å²) in [7, 11) is 0. The number of aliphatic hydroxyl groups excluding tert-OH is 1. The van der Waals surface area contributed by atoms with Crippen molar-refractivity contribution in [2.45, 2.75) is 38.7 Å². The Morgan fingerprint density at radius 1 is 1.27 bits per heavy atom. The van der Waals surface area contributed by atoms with Crippen molar-refractivity contribution in [1.29, 1.82) is 0 Å². The molecule has 0 aromatic rings. The minimum atomic E-state index is -0.104. The molecule has 1 aliphatic rings. The summed E-state index contributed by atoms with van der Waals surface area (Å²) in [5.74, 6) is 0. The fraction of sp³-hybridized carbons (Fsp3) is 1.00. The van der Waals surface area contributed by atoms with Gasteiger partial charge in [-0.05, 0) is 32.4 Å². The molecule has 0 radical (unpaired) electrons. The summed E-state index contributed by atoms with van der Waals surface area (Å²) in [4.78, 5) is 2.37. The Labute approximate surface area is 69.2 Å². The molecule has 1 saturated heterocycles. The standard InChI is InChI=1S/C9H19NO/c1-2-9(11)8-10-6-4-3-5-7-10/h9,11H,2-8H2,1H3/t9-/m1/s1. The summed E-state index contributed by atoms with van der Waals surface area (Å²) in [6, 6.07) is 0. The predicted molar refractivity (Wildman–Crippen MR) is 46.6 cm³/mol. The molecule has 1 heterocycles. The Kier molecular flexibility index (Phi) is 3.87. The summed E-state index contributed by atoms with van der Waals surface area (Å²) in [6.07, 6.45) is 4.79. The van der Waals surface area contributed by atoms with Crippen molar-refractivity contribution in [2.24, 2.45) is 0 Å². The van der Waals surface area contributed by atoms with Gasteiger partial charge in [-0.2, -0.15) is 0 Å². The molecule has 2 heteroatoms. The van der Waals surface area contributed by atoms with E-state index in [9.17, 15) is 5.11 Å². The lowest BCUT2D eigenvalue weighted by molar-refractivity contribution is 0.0984. The van der Waals surface area contributed by atoms with Gasteiger partial charge in [0.25, 0.3) is 0 Å². The SMILES string of the molecule is CC[C@@H](O)CN1CCCCC1. The first-order chi connectivity index (χ1) is 5.33. The van der Waals surface area contributed by atoms with Crippen LogP contribution in [0.5, 0.6) is 0 Å². The highest BCUT2D eigenvalue weighted by atomic mass is 16.3.